The van der Waals surface area contributed by atoms with Crippen molar-refractivity contribution < 1.29 is 9.53 Å². The molecule has 23 heavy (non-hydrogen) atoms. The highest BCUT2D eigenvalue weighted by molar-refractivity contribution is 5.79. The molecule has 122 valence electrons. The third-order valence-electron chi connectivity index (χ3n) is 4.15. The van der Waals surface area contributed by atoms with Crippen LogP contribution < -0.4 is 10.1 Å². The molecule has 0 spiro atoms. The SMILES string of the molecule is COc1ccccc1C1CNCCN1C(=O)Cc1cc(C)[nH]n1. The van der Waals surface area contributed by atoms with Crippen molar-refractivity contribution in [1.82, 2.24) is 20.4 Å². The van der Waals surface area contributed by atoms with Crippen LogP contribution in [0.2, 0.25) is 0 Å². The van der Waals surface area contributed by atoms with Gasteiger partial charge in [-0.05, 0) is 19.1 Å². The zero-order valence-electron chi connectivity index (χ0n) is 13.5. The molecule has 6 nitrogen and oxygen atoms in total. The normalized spacial score (nSPS) is 18.0. The first-order chi connectivity index (χ1) is 11.2. The van der Waals surface area contributed by atoms with Gasteiger partial charge in [0.05, 0.1) is 25.3 Å². The molecule has 1 aromatic heterocycles. The van der Waals surface area contributed by atoms with Crippen LogP contribution >= 0.6 is 0 Å². The number of nitrogens with one attached hydrogen (secondary N) is 2. The fraction of sp³-hybridized carbons (Fsp3) is 0.412. The van der Waals surface area contributed by atoms with E-state index in [0.29, 0.717) is 13.0 Å². The number of para-hydroxylation sites is 1. The quantitative estimate of drug-likeness (QED) is 0.896. The summed E-state index contributed by atoms with van der Waals surface area (Å²) in [6.45, 7) is 4.15. The summed E-state index contributed by atoms with van der Waals surface area (Å²) in [4.78, 5) is 14.7. The maximum atomic E-state index is 12.8. The summed E-state index contributed by atoms with van der Waals surface area (Å²) in [7, 11) is 1.66. The smallest absolute Gasteiger partial charge is 0.229 e. The highest BCUT2D eigenvalue weighted by Gasteiger charge is 2.29. The lowest BCUT2D eigenvalue weighted by atomic mass is 10.0. The number of piperazine rings is 1. The predicted molar refractivity (Wildman–Crippen MR) is 87.3 cm³/mol. The molecule has 6 heteroatoms. The molecule has 1 unspecified atom stereocenters. The molecule has 0 radical (unpaired) electrons. The van der Waals surface area contributed by atoms with Gasteiger partial charge in [-0.15, -0.1) is 0 Å². The summed E-state index contributed by atoms with van der Waals surface area (Å²) in [5, 5.41) is 10.4. The number of aromatic amines is 1. The molecule has 0 aliphatic carbocycles. The number of amides is 1. The van der Waals surface area contributed by atoms with Crippen LogP contribution in [0.15, 0.2) is 30.3 Å². The van der Waals surface area contributed by atoms with Crippen LogP contribution in [0.1, 0.15) is 23.0 Å². The lowest BCUT2D eigenvalue weighted by Gasteiger charge is -2.37. The van der Waals surface area contributed by atoms with E-state index < -0.39 is 0 Å². The van der Waals surface area contributed by atoms with E-state index in [1.165, 1.54) is 0 Å². The fourth-order valence-electron chi connectivity index (χ4n) is 3.04. The topological polar surface area (TPSA) is 70.2 Å². The number of hydrogen-bond donors (Lipinski definition) is 2. The number of rotatable bonds is 4. The molecule has 2 heterocycles. The number of carbonyl (C=O) groups excluding carboxylic acids is 1. The maximum absolute atomic E-state index is 12.8. The van der Waals surface area contributed by atoms with Crippen LogP contribution in [0.3, 0.4) is 0 Å². The van der Waals surface area contributed by atoms with Gasteiger partial charge in [-0.25, -0.2) is 0 Å². The summed E-state index contributed by atoms with van der Waals surface area (Å²) in [5.74, 6) is 0.906. The van der Waals surface area contributed by atoms with Crippen molar-refractivity contribution in [3.63, 3.8) is 0 Å². The Morgan fingerprint density at radius 2 is 2.26 bits per heavy atom. The number of carbonyl (C=O) groups is 1. The van der Waals surface area contributed by atoms with Crippen LogP contribution in [-0.2, 0) is 11.2 Å². The average Bonchev–Trinajstić information content (AvgIpc) is 2.99. The van der Waals surface area contributed by atoms with Crippen molar-refractivity contribution in [2.45, 2.75) is 19.4 Å². The van der Waals surface area contributed by atoms with Crippen LogP contribution in [0, 0.1) is 6.92 Å². The van der Waals surface area contributed by atoms with Crippen molar-refractivity contribution in [3.05, 3.63) is 47.3 Å². The lowest BCUT2D eigenvalue weighted by Crippen LogP contribution is -2.49. The number of ether oxygens (including phenoxy) is 1. The molecular weight excluding hydrogens is 292 g/mol. The summed E-state index contributed by atoms with van der Waals surface area (Å²) in [6.07, 6.45) is 0.315. The number of aryl methyl sites for hydroxylation is 1. The molecule has 1 saturated heterocycles. The van der Waals surface area contributed by atoms with E-state index in [1.54, 1.807) is 7.11 Å². The molecule has 2 N–H and O–H groups in total. The molecule has 1 amide bonds. The van der Waals surface area contributed by atoms with Gasteiger partial charge in [-0.3, -0.25) is 9.89 Å². The first kappa shape index (κ1) is 15.6. The molecular formula is C17H22N4O2. The van der Waals surface area contributed by atoms with Crippen molar-refractivity contribution in [2.75, 3.05) is 26.7 Å². The van der Waals surface area contributed by atoms with E-state index in [2.05, 4.69) is 15.5 Å². The van der Waals surface area contributed by atoms with Crippen LogP contribution in [0.25, 0.3) is 0 Å². The van der Waals surface area contributed by atoms with Gasteiger partial charge in [0.2, 0.25) is 5.91 Å². The van der Waals surface area contributed by atoms with Gasteiger partial charge in [-0.2, -0.15) is 5.10 Å². The number of hydrogen-bond acceptors (Lipinski definition) is 4. The molecule has 1 aromatic carbocycles. The fourth-order valence-corrected chi connectivity index (χ4v) is 3.04. The Balaban J connectivity index is 1.82. The second kappa shape index (κ2) is 6.83. The molecule has 0 saturated carbocycles. The average molecular weight is 314 g/mol. The molecule has 1 atom stereocenters. The monoisotopic (exact) mass is 314 g/mol. The third-order valence-corrected chi connectivity index (χ3v) is 4.15. The molecule has 2 aromatic rings. The predicted octanol–water partition coefficient (Wildman–Crippen LogP) is 1.44. The van der Waals surface area contributed by atoms with Crippen LogP contribution in [0.4, 0.5) is 0 Å². The van der Waals surface area contributed by atoms with Gasteiger partial charge in [0.15, 0.2) is 0 Å². The number of methoxy groups -OCH3 is 1. The Bertz CT molecular complexity index is 683. The minimum atomic E-state index is -0.0209. The van der Waals surface area contributed by atoms with E-state index in [0.717, 1.165) is 35.8 Å². The minimum absolute atomic E-state index is 0.0209. The Morgan fingerprint density at radius 3 is 3.00 bits per heavy atom. The molecule has 1 aliphatic rings. The van der Waals surface area contributed by atoms with Gasteiger partial charge in [0.25, 0.3) is 0 Å². The number of nitrogens with zero attached hydrogens (tertiary/aromatic N) is 2. The minimum Gasteiger partial charge on any atom is -0.496 e. The van der Waals surface area contributed by atoms with Crippen molar-refractivity contribution in [2.24, 2.45) is 0 Å². The second-order valence-corrected chi connectivity index (χ2v) is 5.77. The Morgan fingerprint density at radius 1 is 1.43 bits per heavy atom. The third kappa shape index (κ3) is 3.37. The Labute approximate surface area is 135 Å². The number of H-pyrrole nitrogens is 1. The largest absolute Gasteiger partial charge is 0.496 e. The molecule has 3 rings (SSSR count). The zero-order chi connectivity index (χ0) is 16.2. The highest BCUT2D eigenvalue weighted by Crippen LogP contribution is 2.30. The second-order valence-electron chi connectivity index (χ2n) is 5.77. The lowest BCUT2D eigenvalue weighted by molar-refractivity contribution is -0.133. The van der Waals surface area contributed by atoms with E-state index in [-0.39, 0.29) is 11.9 Å². The Hall–Kier alpha value is -2.34. The standard InChI is InChI=1S/C17H22N4O2/c1-12-9-13(20-19-12)10-17(22)21-8-7-18-11-15(21)14-5-3-4-6-16(14)23-2/h3-6,9,15,18H,7-8,10-11H2,1-2H3,(H,19,20). The molecule has 0 bridgehead atoms. The zero-order valence-corrected chi connectivity index (χ0v) is 13.5. The van der Waals surface area contributed by atoms with Gasteiger partial charge in [0.1, 0.15) is 5.75 Å². The molecule has 1 fully saturated rings. The first-order valence-corrected chi connectivity index (χ1v) is 7.83. The van der Waals surface area contributed by atoms with Crippen LogP contribution in [0.5, 0.6) is 5.75 Å². The van der Waals surface area contributed by atoms with Crippen LogP contribution in [-0.4, -0.2) is 47.7 Å². The van der Waals surface area contributed by atoms with E-state index in [9.17, 15) is 4.79 Å². The number of aromatic nitrogens is 2. The summed E-state index contributed by atoms with van der Waals surface area (Å²) in [6, 6.07) is 9.77. The first-order valence-electron chi connectivity index (χ1n) is 7.83. The molecule has 1 aliphatic heterocycles. The van der Waals surface area contributed by atoms with Crippen molar-refractivity contribution >= 4 is 5.91 Å². The summed E-state index contributed by atoms with van der Waals surface area (Å²) >= 11 is 0. The summed E-state index contributed by atoms with van der Waals surface area (Å²) < 4.78 is 5.47. The van der Waals surface area contributed by atoms with E-state index in [1.807, 2.05) is 42.2 Å². The van der Waals surface area contributed by atoms with Crippen molar-refractivity contribution in [1.29, 1.82) is 0 Å². The van der Waals surface area contributed by atoms with E-state index >= 15 is 0 Å². The van der Waals surface area contributed by atoms with Gasteiger partial charge in [0, 0.05) is 30.9 Å². The summed E-state index contributed by atoms with van der Waals surface area (Å²) in [5.41, 5.74) is 2.79. The van der Waals surface area contributed by atoms with Gasteiger partial charge < -0.3 is 15.0 Å². The maximum Gasteiger partial charge on any atom is 0.229 e. The highest BCUT2D eigenvalue weighted by atomic mass is 16.5. The van der Waals surface area contributed by atoms with Gasteiger partial charge in [-0.1, -0.05) is 18.2 Å². The van der Waals surface area contributed by atoms with E-state index in [4.69, 9.17) is 4.74 Å². The Kier molecular flexibility index (Phi) is 4.62. The number of benzene rings is 1. The van der Waals surface area contributed by atoms with Gasteiger partial charge >= 0.3 is 0 Å². The van der Waals surface area contributed by atoms with Crippen molar-refractivity contribution in [3.8, 4) is 5.75 Å².